The van der Waals surface area contributed by atoms with Gasteiger partial charge in [0.15, 0.2) is 0 Å². The number of para-hydroxylation sites is 1. The van der Waals surface area contributed by atoms with Crippen molar-refractivity contribution < 1.29 is 8.95 Å². The summed E-state index contributed by atoms with van der Waals surface area (Å²) in [5.74, 6) is 1.38. The van der Waals surface area contributed by atoms with Crippen molar-refractivity contribution in [1.82, 2.24) is 5.32 Å². The smallest absolute Gasteiger partial charge is 0.122 e. The van der Waals surface area contributed by atoms with Gasteiger partial charge in [0, 0.05) is 45.5 Å². The summed E-state index contributed by atoms with van der Waals surface area (Å²) in [5, 5.41) is 3.67. The molecule has 23 heavy (non-hydrogen) atoms. The van der Waals surface area contributed by atoms with Crippen LogP contribution in [0.25, 0.3) is 0 Å². The fourth-order valence-electron chi connectivity index (χ4n) is 3.16. The van der Waals surface area contributed by atoms with Crippen molar-refractivity contribution >= 4 is 10.8 Å². The minimum atomic E-state index is -0.925. The summed E-state index contributed by atoms with van der Waals surface area (Å²) in [6.45, 7) is 5.10. The van der Waals surface area contributed by atoms with Crippen molar-refractivity contribution in [1.29, 1.82) is 0 Å². The maximum atomic E-state index is 11.5. The summed E-state index contributed by atoms with van der Waals surface area (Å²) < 4.78 is 17.3. The average molecular weight is 329 g/mol. The Labute approximate surface area is 140 Å². The highest BCUT2D eigenvalue weighted by Crippen LogP contribution is 2.36. The monoisotopic (exact) mass is 329 g/mol. The summed E-state index contributed by atoms with van der Waals surface area (Å²) in [4.78, 5) is 0.868. The molecule has 0 amide bonds. The van der Waals surface area contributed by atoms with Gasteiger partial charge in [-0.15, -0.1) is 0 Å². The van der Waals surface area contributed by atoms with E-state index >= 15 is 0 Å². The molecule has 122 valence electrons. The maximum absolute atomic E-state index is 11.5. The van der Waals surface area contributed by atoms with E-state index in [4.69, 9.17) is 4.74 Å². The molecule has 1 aliphatic rings. The first-order valence-corrected chi connectivity index (χ1v) is 9.53. The van der Waals surface area contributed by atoms with Gasteiger partial charge in [-0.05, 0) is 37.6 Å². The van der Waals surface area contributed by atoms with E-state index in [1.165, 1.54) is 11.1 Å². The zero-order valence-electron chi connectivity index (χ0n) is 13.8. The fraction of sp³-hybridized carbons (Fsp3) is 0.368. The van der Waals surface area contributed by atoms with E-state index in [-0.39, 0.29) is 6.04 Å². The number of hydrogen-bond acceptors (Lipinski definition) is 3. The first-order valence-electron chi connectivity index (χ1n) is 7.97. The van der Waals surface area contributed by atoms with Crippen LogP contribution in [0.2, 0.25) is 0 Å². The van der Waals surface area contributed by atoms with Crippen molar-refractivity contribution in [3.05, 3.63) is 59.7 Å². The Kier molecular flexibility index (Phi) is 4.83. The van der Waals surface area contributed by atoms with Crippen molar-refractivity contribution in [2.45, 2.75) is 36.7 Å². The molecule has 3 nitrogen and oxygen atoms in total. The second-order valence-corrected chi connectivity index (χ2v) is 7.54. The average Bonchev–Trinajstić information content (AvgIpc) is 2.99. The third-order valence-corrected chi connectivity index (χ3v) is 5.50. The highest BCUT2D eigenvalue weighted by molar-refractivity contribution is 7.84. The van der Waals surface area contributed by atoms with Gasteiger partial charge in [-0.1, -0.05) is 30.3 Å². The predicted octanol–water partition coefficient (Wildman–Crippen LogP) is 3.64. The zero-order valence-corrected chi connectivity index (χ0v) is 14.6. The summed E-state index contributed by atoms with van der Waals surface area (Å²) in [5.41, 5.74) is 2.50. The molecular weight excluding hydrogens is 306 g/mol. The van der Waals surface area contributed by atoms with Crippen molar-refractivity contribution in [3.8, 4) is 5.75 Å². The lowest BCUT2D eigenvalue weighted by Gasteiger charge is -2.25. The van der Waals surface area contributed by atoms with E-state index < -0.39 is 10.8 Å². The molecule has 0 unspecified atom stereocenters. The number of fused-ring (bicyclic) bond motifs is 1. The standard InChI is InChI=1S/C19H23NO2S/c1-13(15-8-10-16(11-9-15)23(3)21)20-14(2)18-12-22-19-7-5-4-6-17(18)19/h4-11,13-14,18,20H,12H2,1-3H3/t13-,14+,18-,23-/m0/s1. The highest BCUT2D eigenvalue weighted by Gasteiger charge is 2.29. The molecular formula is C19H23NO2S. The number of ether oxygens (including phenoxy) is 1. The van der Waals surface area contributed by atoms with Crippen LogP contribution in [0.15, 0.2) is 53.4 Å². The molecule has 2 aromatic rings. The Morgan fingerprint density at radius 1 is 1.13 bits per heavy atom. The van der Waals surface area contributed by atoms with Gasteiger partial charge in [0.05, 0.1) is 6.61 Å². The fourth-order valence-corrected chi connectivity index (χ4v) is 3.68. The van der Waals surface area contributed by atoms with Gasteiger partial charge in [-0.3, -0.25) is 4.21 Å². The van der Waals surface area contributed by atoms with Crippen LogP contribution in [0, 0.1) is 0 Å². The minimum Gasteiger partial charge on any atom is -0.493 e. The third-order valence-electron chi connectivity index (χ3n) is 4.57. The molecule has 1 aliphatic heterocycles. The van der Waals surface area contributed by atoms with Gasteiger partial charge in [-0.2, -0.15) is 0 Å². The molecule has 1 heterocycles. The summed E-state index contributed by atoms with van der Waals surface area (Å²) in [6, 6.07) is 16.8. The second kappa shape index (κ2) is 6.85. The number of nitrogens with one attached hydrogen (secondary N) is 1. The molecule has 0 radical (unpaired) electrons. The van der Waals surface area contributed by atoms with Crippen LogP contribution in [0.5, 0.6) is 5.75 Å². The summed E-state index contributed by atoms with van der Waals surface area (Å²) in [7, 11) is -0.925. The zero-order chi connectivity index (χ0) is 16.4. The van der Waals surface area contributed by atoms with E-state index in [0.717, 1.165) is 17.3 Å². The van der Waals surface area contributed by atoms with Crippen LogP contribution in [-0.4, -0.2) is 23.1 Å². The van der Waals surface area contributed by atoms with Crippen LogP contribution in [-0.2, 0) is 10.8 Å². The lowest BCUT2D eigenvalue weighted by Crippen LogP contribution is -2.34. The minimum absolute atomic E-state index is 0.233. The van der Waals surface area contributed by atoms with Gasteiger partial charge in [0.2, 0.25) is 0 Å². The molecule has 0 spiro atoms. The van der Waals surface area contributed by atoms with E-state index in [1.807, 2.05) is 24.3 Å². The molecule has 0 saturated heterocycles. The van der Waals surface area contributed by atoms with Crippen molar-refractivity contribution in [2.75, 3.05) is 12.9 Å². The Hall–Kier alpha value is -1.65. The van der Waals surface area contributed by atoms with Crippen LogP contribution in [0.1, 0.15) is 36.9 Å². The maximum Gasteiger partial charge on any atom is 0.122 e. The van der Waals surface area contributed by atoms with E-state index in [0.29, 0.717) is 12.0 Å². The first kappa shape index (κ1) is 16.2. The molecule has 0 bridgehead atoms. The molecule has 0 aliphatic carbocycles. The predicted molar refractivity (Wildman–Crippen MR) is 94.5 cm³/mol. The first-order chi connectivity index (χ1) is 11.1. The number of rotatable bonds is 5. The largest absolute Gasteiger partial charge is 0.493 e. The topological polar surface area (TPSA) is 38.3 Å². The Balaban J connectivity index is 1.68. The molecule has 2 aromatic carbocycles. The number of hydrogen-bond donors (Lipinski definition) is 1. The quantitative estimate of drug-likeness (QED) is 0.910. The van der Waals surface area contributed by atoms with Gasteiger partial charge in [-0.25, -0.2) is 0 Å². The molecule has 0 fully saturated rings. The van der Waals surface area contributed by atoms with Gasteiger partial charge >= 0.3 is 0 Å². The SMILES string of the molecule is C[C@H](N[C@H](C)[C@@H]1COc2ccccc21)c1ccc([S@](C)=O)cc1. The lowest BCUT2D eigenvalue weighted by molar-refractivity contribution is 0.297. The molecule has 3 rings (SSSR count). The van der Waals surface area contributed by atoms with Crippen LogP contribution in [0.3, 0.4) is 0 Å². The van der Waals surface area contributed by atoms with Crippen LogP contribution < -0.4 is 10.1 Å². The molecule has 0 saturated carbocycles. The van der Waals surface area contributed by atoms with Crippen LogP contribution in [0.4, 0.5) is 0 Å². The van der Waals surface area contributed by atoms with Crippen molar-refractivity contribution in [3.63, 3.8) is 0 Å². The highest BCUT2D eigenvalue weighted by atomic mass is 32.2. The third kappa shape index (κ3) is 3.48. The number of benzene rings is 2. The Bertz CT molecular complexity index is 699. The van der Waals surface area contributed by atoms with Gasteiger partial charge in [0.1, 0.15) is 5.75 Å². The molecule has 0 aromatic heterocycles. The molecule has 1 N–H and O–H groups in total. The van der Waals surface area contributed by atoms with Crippen molar-refractivity contribution in [2.24, 2.45) is 0 Å². The Morgan fingerprint density at radius 2 is 1.83 bits per heavy atom. The van der Waals surface area contributed by atoms with E-state index in [9.17, 15) is 4.21 Å². The second-order valence-electron chi connectivity index (χ2n) is 6.16. The molecule has 4 atom stereocenters. The summed E-state index contributed by atoms with van der Waals surface area (Å²) >= 11 is 0. The van der Waals surface area contributed by atoms with Gasteiger partial charge in [0.25, 0.3) is 0 Å². The summed E-state index contributed by atoms with van der Waals surface area (Å²) in [6.07, 6.45) is 1.70. The lowest BCUT2D eigenvalue weighted by atomic mass is 9.93. The molecule has 4 heteroatoms. The van der Waals surface area contributed by atoms with Crippen LogP contribution >= 0.6 is 0 Å². The Morgan fingerprint density at radius 3 is 2.52 bits per heavy atom. The normalized spacial score (nSPS) is 20.4. The van der Waals surface area contributed by atoms with E-state index in [1.54, 1.807) is 6.26 Å². The van der Waals surface area contributed by atoms with E-state index in [2.05, 4.69) is 43.4 Å². The van der Waals surface area contributed by atoms with Gasteiger partial charge < -0.3 is 10.1 Å².